The van der Waals surface area contributed by atoms with Crippen molar-refractivity contribution in [3.05, 3.63) is 59.7 Å². The smallest absolute Gasteiger partial charge is 0.410 e. The lowest BCUT2D eigenvalue weighted by Crippen LogP contribution is -2.89. The number of hydrogen-bond donors (Lipinski definition) is 2. The van der Waals surface area contributed by atoms with Crippen molar-refractivity contribution < 1.29 is 32.8 Å². The Balaban J connectivity index is 1.42. The largest absolute Gasteiger partial charge is 0.493 e. The molecule has 1 amide bonds. The topological polar surface area (TPSA) is 85.2 Å². The van der Waals surface area contributed by atoms with Crippen LogP contribution >= 0.6 is 0 Å². The van der Waals surface area contributed by atoms with Crippen molar-refractivity contribution in [1.82, 2.24) is 14.7 Å². The Kier molecular flexibility index (Phi) is 6.72. The first-order chi connectivity index (χ1) is 17.8. The minimum absolute atomic E-state index is 0.0413. The third-order valence-corrected chi connectivity index (χ3v) is 6.92. The number of benzene rings is 2. The Bertz CT molecular complexity index is 1270. The molecule has 0 saturated carbocycles. The Labute approximate surface area is 212 Å². The van der Waals surface area contributed by atoms with Gasteiger partial charge in [0.05, 0.1) is 52.1 Å². The maximum Gasteiger partial charge on any atom is 0.410 e. The van der Waals surface area contributed by atoms with E-state index in [2.05, 4.69) is 15.7 Å². The van der Waals surface area contributed by atoms with Crippen molar-refractivity contribution in [2.24, 2.45) is 0 Å². The van der Waals surface area contributed by atoms with E-state index in [0.29, 0.717) is 47.0 Å². The highest BCUT2D eigenvalue weighted by Gasteiger charge is 2.46. The summed E-state index contributed by atoms with van der Waals surface area (Å²) in [6.45, 7) is 3.14. The van der Waals surface area contributed by atoms with Crippen LogP contribution in [0.25, 0.3) is 11.3 Å². The fourth-order valence-electron chi connectivity index (χ4n) is 4.92. The summed E-state index contributed by atoms with van der Waals surface area (Å²) < 4.78 is 54.0. The van der Waals surface area contributed by atoms with E-state index in [1.165, 1.54) is 14.2 Å². The lowest BCUT2D eigenvalue weighted by molar-refractivity contribution is -0.661. The number of nitrogens with one attached hydrogen (secondary N) is 1. The molecule has 0 unspecified atom stereocenters. The molecule has 1 saturated heterocycles. The first-order valence-electron chi connectivity index (χ1n) is 12.1. The molecule has 1 aromatic heterocycles. The molecular formula is C26H29F3N5O3+. The van der Waals surface area contributed by atoms with E-state index in [0.717, 1.165) is 17.8 Å². The lowest BCUT2D eigenvalue weighted by Gasteiger charge is -2.33. The molecule has 2 aromatic carbocycles. The lowest BCUT2D eigenvalue weighted by atomic mass is 9.96. The zero-order valence-electron chi connectivity index (χ0n) is 20.6. The van der Waals surface area contributed by atoms with Crippen molar-refractivity contribution in [3.8, 4) is 22.8 Å². The van der Waals surface area contributed by atoms with Gasteiger partial charge in [-0.3, -0.25) is 4.79 Å². The molecule has 0 radical (unpaired) electrons. The number of anilines is 1. The van der Waals surface area contributed by atoms with Crippen LogP contribution in [0, 0.1) is 0 Å². The van der Waals surface area contributed by atoms with Gasteiger partial charge in [0.2, 0.25) is 0 Å². The van der Waals surface area contributed by atoms with E-state index in [-0.39, 0.29) is 18.1 Å². The second kappa shape index (κ2) is 9.97. The summed E-state index contributed by atoms with van der Waals surface area (Å²) in [7, 11) is 2.99. The van der Waals surface area contributed by atoms with E-state index < -0.39 is 18.3 Å². The van der Waals surface area contributed by atoms with Crippen LogP contribution in [-0.2, 0) is 0 Å². The Morgan fingerprint density at radius 1 is 1.03 bits per heavy atom. The number of quaternary nitrogens is 1. The van der Waals surface area contributed by atoms with Gasteiger partial charge in [-0.15, -0.1) is 0 Å². The number of nitrogens with zero attached hydrogens (tertiary/aromatic N) is 3. The molecule has 3 N–H and O–H groups in total. The highest BCUT2D eigenvalue weighted by atomic mass is 19.4. The van der Waals surface area contributed by atoms with Gasteiger partial charge in [0.1, 0.15) is 5.82 Å². The molecule has 11 heteroatoms. The van der Waals surface area contributed by atoms with Crippen LogP contribution in [-0.4, -0.2) is 67.2 Å². The minimum atomic E-state index is -4.49. The molecule has 0 aliphatic carbocycles. The molecule has 0 spiro atoms. The highest BCUT2D eigenvalue weighted by Crippen LogP contribution is 2.45. The van der Waals surface area contributed by atoms with Crippen LogP contribution < -0.4 is 20.1 Å². The summed E-state index contributed by atoms with van der Waals surface area (Å²) in [5, 5.41) is 9.69. The van der Waals surface area contributed by atoms with Crippen LogP contribution in [0.3, 0.4) is 0 Å². The minimum Gasteiger partial charge on any atom is -0.493 e. The van der Waals surface area contributed by atoms with Crippen molar-refractivity contribution >= 4 is 11.7 Å². The Morgan fingerprint density at radius 3 is 2.38 bits per heavy atom. The number of carbonyl (C=O) groups excluding carboxylic acids is 1. The fourth-order valence-corrected chi connectivity index (χ4v) is 4.92. The van der Waals surface area contributed by atoms with Gasteiger partial charge < -0.3 is 25.0 Å². The number of alkyl halides is 3. The third-order valence-electron chi connectivity index (χ3n) is 6.92. The maximum atomic E-state index is 14.1. The summed E-state index contributed by atoms with van der Waals surface area (Å²) in [6, 6.07) is 11.2. The van der Waals surface area contributed by atoms with E-state index in [1.54, 1.807) is 48.5 Å². The highest BCUT2D eigenvalue weighted by molar-refractivity contribution is 5.94. The number of aromatic nitrogens is 2. The van der Waals surface area contributed by atoms with Gasteiger partial charge in [-0.1, -0.05) is 18.2 Å². The molecule has 3 heterocycles. The van der Waals surface area contributed by atoms with E-state index in [1.807, 2.05) is 4.90 Å². The molecule has 1 fully saturated rings. The summed E-state index contributed by atoms with van der Waals surface area (Å²) in [5.74, 6) is 1.18. The molecule has 2 atom stereocenters. The molecule has 5 rings (SSSR count). The third kappa shape index (κ3) is 4.95. The zero-order valence-corrected chi connectivity index (χ0v) is 20.6. The zero-order chi connectivity index (χ0) is 26.2. The number of fused-ring (bicyclic) bond motifs is 1. The molecule has 0 bridgehead atoms. The van der Waals surface area contributed by atoms with Gasteiger partial charge in [0, 0.05) is 23.6 Å². The molecular weight excluding hydrogens is 487 g/mol. The second-order valence-electron chi connectivity index (χ2n) is 9.20. The molecule has 37 heavy (non-hydrogen) atoms. The first-order valence-corrected chi connectivity index (χ1v) is 12.1. The molecule has 8 nitrogen and oxygen atoms in total. The number of hydrogen-bond acceptors (Lipinski definition) is 5. The number of amides is 1. The molecule has 196 valence electrons. The van der Waals surface area contributed by atoms with Gasteiger partial charge in [-0.2, -0.15) is 18.3 Å². The second-order valence-corrected chi connectivity index (χ2v) is 9.20. The van der Waals surface area contributed by atoms with E-state index >= 15 is 0 Å². The average Bonchev–Trinajstić information content (AvgIpc) is 3.36. The standard InChI is InChI=1S/C26H28F3N5O3/c1-36-21-8-7-18(13-22(21)37-2)19-14-23(26(27,28)29)34-24(31-19)15-20(32-34)16-3-5-17(6-4-16)25(35)33-11-9-30-10-12-33/h3-8,13,15,19,23,30-31H,9-12,14H2,1-2H3/p+1/t19-,23+/m0/s1. The van der Waals surface area contributed by atoms with Crippen molar-refractivity contribution in [3.63, 3.8) is 0 Å². The molecule has 2 aliphatic heterocycles. The number of ether oxygens (including phenoxy) is 2. The van der Waals surface area contributed by atoms with E-state index in [9.17, 15) is 18.0 Å². The summed E-state index contributed by atoms with van der Waals surface area (Å²) >= 11 is 0. The summed E-state index contributed by atoms with van der Waals surface area (Å²) in [4.78, 5) is 14.6. The van der Waals surface area contributed by atoms with Gasteiger partial charge in [-0.25, -0.2) is 4.68 Å². The Morgan fingerprint density at radius 2 is 1.73 bits per heavy atom. The fraction of sp³-hybridized carbons (Fsp3) is 0.385. The van der Waals surface area contributed by atoms with Crippen LogP contribution in [0.5, 0.6) is 11.5 Å². The number of methoxy groups -OCH3 is 2. The van der Waals surface area contributed by atoms with Gasteiger partial charge >= 0.3 is 6.18 Å². The number of rotatable bonds is 5. The maximum absolute atomic E-state index is 14.1. The normalized spacial score (nSPS) is 19.6. The quantitative estimate of drug-likeness (QED) is 0.544. The van der Waals surface area contributed by atoms with Gasteiger partial charge in [-0.05, 0) is 29.8 Å². The predicted octanol–water partition coefficient (Wildman–Crippen LogP) is 3.25. The van der Waals surface area contributed by atoms with Crippen molar-refractivity contribution in [2.75, 3.05) is 45.7 Å². The first kappa shape index (κ1) is 24.9. The van der Waals surface area contributed by atoms with Crippen LogP contribution in [0.2, 0.25) is 0 Å². The monoisotopic (exact) mass is 516 g/mol. The predicted molar refractivity (Wildman–Crippen MR) is 131 cm³/mol. The van der Waals surface area contributed by atoms with Gasteiger partial charge in [0.15, 0.2) is 17.5 Å². The van der Waals surface area contributed by atoms with Crippen LogP contribution in [0.15, 0.2) is 48.5 Å². The number of carbonyl (C=O) groups is 1. The molecule has 2 aliphatic rings. The number of halogens is 3. The summed E-state index contributed by atoms with van der Waals surface area (Å²) in [5.41, 5.74) is 2.24. The van der Waals surface area contributed by atoms with E-state index in [4.69, 9.17) is 9.47 Å². The average molecular weight is 517 g/mol. The van der Waals surface area contributed by atoms with Crippen molar-refractivity contribution in [1.29, 1.82) is 0 Å². The van der Waals surface area contributed by atoms with Crippen LogP contribution in [0.4, 0.5) is 19.0 Å². The number of nitrogens with two attached hydrogens (primary N) is 1. The SMILES string of the molecule is COc1ccc([C@@H]2C[C@H](C(F)(F)F)n3nc(-c4ccc(C(=O)N5CC[NH2+]CC5)cc4)cc3N2)cc1OC. The summed E-state index contributed by atoms with van der Waals surface area (Å²) in [6.07, 6.45) is -4.72. The number of piperazine rings is 1. The van der Waals surface area contributed by atoms with Crippen molar-refractivity contribution in [2.45, 2.75) is 24.7 Å². The van der Waals surface area contributed by atoms with Gasteiger partial charge in [0.25, 0.3) is 5.91 Å². The Hall–Kier alpha value is -3.73. The van der Waals surface area contributed by atoms with Crippen LogP contribution in [0.1, 0.15) is 34.4 Å². The molecule has 3 aromatic rings.